The van der Waals surface area contributed by atoms with Crippen molar-refractivity contribution in [2.24, 2.45) is 5.92 Å². The van der Waals surface area contributed by atoms with E-state index in [-0.39, 0.29) is 41.1 Å². The van der Waals surface area contributed by atoms with Gasteiger partial charge in [0.2, 0.25) is 0 Å². The van der Waals surface area contributed by atoms with E-state index < -0.39 is 5.79 Å². The molecule has 0 aliphatic rings. The SMILES string of the molecule is CCCCCCCCCCCCC(CC(=O)Cc1cc(Cl)c(O)cc1O)C(OC)(OC)c1ccccc1. The maximum absolute atomic E-state index is 13.2. The van der Waals surface area contributed by atoms with E-state index in [9.17, 15) is 15.0 Å². The zero-order valence-corrected chi connectivity index (χ0v) is 23.6. The van der Waals surface area contributed by atoms with E-state index in [1.807, 2.05) is 30.3 Å². The largest absolute Gasteiger partial charge is 0.508 e. The molecule has 37 heavy (non-hydrogen) atoms. The number of hydrogen-bond acceptors (Lipinski definition) is 5. The summed E-state index contributed by atoms with van der Waals surface area (Å²) < 4.78 is 12.0. The maximum Gasteiger partial charge on any atom is 0.197 e. The molecule has 6 heteroatoms. The summed E-state index contributed by atoms with van der Waals surface area (Å²) in [6.45, 7) is 2.24. The van der Waals surface area contributed by atoms with Crippen LogP contribution in [0, 0.1) is 5.92 Å². The van der Waals surface area contributed by atoms with E-state index in [2.05, 4.69) is 6.92 Å². The minimum Gasteiger partial charge on any atom is -0.508 e. The molecule has 1 atom stereocenters. The van der Waals surface area contributed by atoms with Crippen LogP contribution in [0.1, 0.15) is 95.1 Å². The molecule has 5 nitrogen and oxygen atoms in total. The molecule has 0 radical (unpaired) electrons. The molecule has 0 aromatic heterocycles. The van der Waals surface area contributed by atoms with E-state index in [4.69, 9.17) is 21.1 Å². The number of Topliss-reactive ketones (excluding diaryl/α,β-unsaturated/α-hetero) is 1. The van der Waals surface area contributed by atoms with Gasteiger partial charge in [-0.25, -0.2) is 0 Å². The van der Waals surface area contributed by atoms with E-state index in [1.54, 1.807) is 14.2 Å². The quantitative estimate of drug-likeness (QED) is 0.140. The van der Waals surface area contributed by atoms with Crippen molar-refractivity contribution in [1.29, 1.82) is 0 Å². The van der Waals surface area contributed by atoms with Gasteiger partial charge in [0, 0.05) is 50.2 Å². The van der Waals surface area contributed by atoms with Crippen molar-refractivity contribution in [3.63, 3.8) is 0 Å². The van der Waals surface area contributed by atoms with Crippen LogP contribution < -0.4 is 0 Å². The molecular formula is C31H45ClO5. The molecule has 1 unspecified atom stereocenters. The van der Waals surface area contributed by atoms with Gasteiger partial charge in [0.15, 0.2) is 5.79 Å². The lowest BCUT2D eigenvalue weighted by molar-refractivity contribution is -0.252. The molecule has 0 bridgehead atoms. The molecule has 2 N–H and O–H groups in total. The first-order valence-corrected chi connectivity index (χ1v) is 14.1. The Labute approximate surface area is 228 Å². The molecule has 0 saturated heterocycles. The second kappa shape index (κ2) is 16.7. The maximum atomic E-state index is 13.2. The average Bonchev–Trinajstić information content (AvgIpc) is 2.89. The number of methoxy groups -OCH3 is 2. The van der Waals surface area contributed by atoms with Crippen molar-refractivity contribution in [3.8, 4) is 11.5 Å². The fourth-order valence-corrected chi connectivity index (χ4v) is 5.34. The molecule has 0 aliphatic heterocycles. The Kier molecular flexibility index (Phi) is 14.1. The monoisotopic (exact) mass is 532 g/mol. The summed E-state index contributed by atoms with van der Waals surface area (Å²) in [7, 11) is 3.25. The number of carbonyl (C=O) groups excluding carboxylic acids is 1. The third kappa shape index (κ3) is 9.63. The summed E-state index contributed by atoms with van der Waals surface area (Å²) in [4.78, 5) is 13.2. The van der Waals surface area contributed by atoms with Gasteiger partial charge >= 0.3 is 0 Å². The van der Waals surface area contributed by atoms with E-state index in [1.165, 1.54) is 63.5 Å². The molecule has 0 saturated carbocycles. The highest BCUT2D eigenvalue weighted by molar-refractivity contribution is 6.32. The summed E-state index contributed by atoms with van der Waals surface area (Å²) in [5.74, 6) is -1.67. The van der Waals surface area contributed by atoms with Crippen molar-refractivity contribution in [1.82, 2.24) is 0 Å². The molecule has 206 valence electrons. The summed E-state index contributed by atoms with van der Waals surface area (Å²) in [5, 5.41) is 20.0. The molecule has 0 spiro atoms. The number of halogens is 1. The fraction of sp³-hybridized carbons (Fsp3) is 0.581. The number of ether oxygens (including phenoxy) is 2. The van der Waals surface area contributed by atoms with Gasteiger partial charge in [0.1, 0.15) is 17.3 Å². The molecule has 0 aliphatic carbocycles. The van der Waals surface area contributed by atoms with Crippen molar-refractivity contribution in [3.05, 3.63) is 58.6 Å². The van der Waals surface area contributed by atoms with Crippen LogP contribution in [-0.4, -0.2) is 30.2 Å². The normalized spacial score (nSPS) is 12.5. The number of phenolic OH excluding ortho intramolecular Hbond substituents is 2. The first-order valence-electron chi connectivity index (χ1n) is 13.8. The topological polar surface area (TPSA) is 76.0 Å². The summed E-state index contributed by atoms with van der Waals surface area (Å²) in [6.07, 6.45) is 13.4. The molecule has 0 amide bonds. The second-order valence-electron chi connectivity index (χ2n) is 9.96. The summed E-state index contributed by atoms with van der Waals surface area (Å²) in [6, 6.07) is 12.4. The summed E-state index contributed by atoms with van der Waals surface area (Å²) in [5.41, 5.74) is 1.27. The van der Waals surface area contributed by atoms with Gasteiger partial charge < -0.3 is 19.7 Å². The van der Waals surface area contributed by atoms with Crippen molar-refractivity contribution in [2.75, 3.05) is 14.2 Å². The predicted octanol–water partition coefficient (Wildman–Crippen LogP) is 8.33. The Balaban J connectivity index is 2.06. The van der Waals surface area contributed by atoms with Crippen LogP contribution >= 0.6 is 11.6 Å². The number of unbranched alkanes of at least 4 members (excludes halogenated alkanes) is 9. The first kappa shape index (κ1) is 31.1. The molecular weight excluding hydrogens is 488 g/mol. The number of benzene rings is 2. The number of ketones is 1. The Morgan fingerprint density at radius 1 is 0.865 bits per heavy atom. The third-order valence-electron chi connectivity index (χ3n) is 7.24. The van der Waals surface area contributed by atoms with Gasteiger partial charge in [-0.05, 0) is 12.5 Å². The van der Waals surface area contributed by atoms with E-state index in [0.717, 1.165) is 24.8 Å². The third-order valence-corrected chi connectivity index (χ3v) is 7.54. The van der Waals surface area contributed by atoms with Crippen LogP contribution in [0.3, 0.4) is 0 Å². The van der Waals surface area contributed by atoms with Crippen LogP contribution in [0.2, 0.25) is 5.02 Å². The van der Waals surface area contributed by atoms with Gasteiger partial charge in [-0.2, -0.15) is 0 Å². The number of carbonyl (C=O) groups is 1. The van der Waals surface area contributed by atoms with Gasteiger partial charge in [-0.1, -0.05) is 113 Å². The van der Waals surface area contributed by atoms with Crippen LogP contribution in [0.5, 0.6) is 11.5 Å². The molecule has 0 heterocycles. The Morgan fingerprint density at radius 3 is 2.00 bits per heavy atom. The van der Waals surface area contributed by atoms with Crippen LogP contribution in [0.15, 0.2) is 42.5 Å². The van der Waals surface area contributed by atoms with E-state index in [0.29, 0.717) is 5.56 Å². The number of hydrogen-bond donors (Lipinski definition) is 2. The van der Waals surface area contributed by atoms with Gasteiger partial charge in [-0.3, -0.25) is 4.79 Å². The minimum atomic E-state index is -1.05. The zero-order chi connectivity index (χ0) is 27.1. The van der Waals surface area contributed by atoms with Gasteiger partial charge in [-0.15, -0.1) is 0 Å². The predicted molar refractivity (Wildman–Crippen MR) is 150 cm³/mol. The highest BCUT2D eigenvalue weighted by Gasteiger charge is 2.41. The Hall–Kier alpha value is -2.08. The van der Waals surface area contributed by atoms with Crippen LogP contribution in [0.25, 0.3) is 0 Å². The minimum absolute atomic E-state index is 0.0126. The molecule has 2 aromatic carbocycles. The van der Waals surface area contributed by atoms with Gasteiger partial charge in [0.05, 0.1) is 5.02 Å². The van der Waals surface area contributed by atoms with Crippen molar-refractivity contribution < 1.29 is 24.5 Å². The lowest BCUT2D eigenvalue weighted by atomic mass is 9.82. The Morgan fingerprint density at radius 2 is 1.43 bits per heavy atom. The second-order valence-corrected chi connectivity index (χ2v) is 10.4. The summed E-state index contributed by atoms with van der Waals surface area (Å²) >= 11 is 6.01. The van der Waals surface area contributed by atoms with Crippen LogP contribution in [-0.2, 0) is 26.5 Å². The van der Waals surface area contributed by atoms with Crippen molar-refractivity contribution >= 4 is 17.4 Å². The molecule has 0 fully saturated rings. The number of phenols is 2. The van der Waals surface area contributed by atoms with Crippen molar-refractivity contribution in [2.45, 2.75) is 96.2 Å². The number of rotatable bonds is 19. The average molecular weight is 533 g/mol. The van der Waals surface area contributed by atoms with Crippen LogP contribution in [0.4, 0.5) is 0 Å². The lowest BCUT2D eigenvalue weighted by Crippen LogP contribution is -2.40. The van der Waals surface area contributed by atoms with E-state index >= 15 is 0 Å². The lowest BCUT2D eigenvalue weighted by Gasteiger charge is -2.38. The highest BCUT2D eigenvalue weighted by Crippen LogP contribution is 2.40. The first-order chi connectivity index (χ1) is 17.9. The molecule has 2 rings (SSSR count). The molecule has 2 aromatic rings. The number of aromatic hydroxyl groups is 2. The Bertz CT molecular complexity index is 927. The fourth-order valence-electron chi connectivity index (χ4n) is 5.16. The zero-order valence-electron chi connectivity index (χ0n) is 22.8. The standard InChI is InChI=1S/C31H45ClO5/c1-4-5-6-7-8-9-10-11-12-14-19-26(31(36-2,37-3)25-17-15-13-16-18-25)22-27(33)20-24-21-28(32)30(35)23-29(24)34/h13,15-18,21,23,26,34-35H,4-12,14,19-20,22H2,1-3H3. The highest BCUT2D eigenvalue weighted by atomic mass is 35.5. The smallest absolute Gasteiger partial charge is 0.197 e. The van der Waals surface area contributed by atoms with Gasteiger partial charge in [0.25, 0.3) is 0 Å².